The molecule has 1 N–H and O–H groups in total. The largest absolute Gasteiger partial charge is 0.497 e. The molecule has 0 amide bonds. The molecule has 6 nitrogen and oxygen atoms in total. The fraction of sp³-hybridized carbons (Fsp3) is 0.154. The summed E-state index contributed by atoms with van der Waals surface area (Å²) in [6.07, 6.45) is 5.71. The second kappa shape index (κ2) is 5.81. The first-order valence-corrected chi connectivity index (χ1v) is 5.59. The second-order valence-corrected chi connectivity index (χ2v) is 3.83. The molecule has 1 aromatic carbocycles. The number of carboxylic acid groups (broad SMARTS) is 1. The van der Waals surface area contributed by atoms with Gasteiger partial charge in [-0.05, 0) is 29.3 Å². The molecule has 0 radical (unpaired) electrons. The van der Waals surface area contributed by atoms with Crippen molar-refractivity contribution in [2.45, 2.75) is 6.54 Å². The average molecular weight is 259 g/mol. The van der Waals surface area contributed by atoms with Crippen LogP contribution in [0.4, 0.5) is 0 Å². The van der Waals surface area contributed by atoms with E-state index in [0.717, 1.165) is 17.2 Å². The van der Waals surface area contributed by atoms with Crippen molar-refractivity contribution in [3.8, 4) is 5.75 Å². The molecule has 1 heterocycles. The highest BCUT2D eigenvalue weighted by Crippen LogP contribution is 2.19. The van der Waals surface area contributed by atoms with Crippen LogP contribution in [0.15, 0.2) is 36.9 Å². The molecule has 2 aromatic rings. The lowest BCUT2D eigenvalue weighted by atomic mass is 10.1. The molecule has 0 aliphatic carbocycles. The predicted molar refractivity (Wildman–Crippen MR) is 68.8 cm³/mol. The number of ether oxygens (including phenoxy) is 1. The van der Waals surface area contributed by atoms with Gasteiger partial charge in [-0.1, -0.05) is 6.07 Å². The minimum absolute atomic E-state index is 0.497. The third kappa shape index (κ3) is 3.41. The highest BCUT2D eigenvalue weighted by Gasteiger charge is 2.04. The van der Waals surface area contributed by atoms with Crippen molar-refractivity contribution in [3.05, 3.63) is 48.1 Å². The van der Waals surface area contributed by atoms with Gasteiger partial charge in [-0.25, -0.2) is 14.5 Å². The van der Waals surface area contributed by atoms with Crippen LogP contribution in [0.25, 0.3) is 6.08 Å². The molecule has 1 aromatic heterocycles. The number of rotatable bonds is 5. The monoisotopic (exact) mass is 259 g/mol. The Balaban J connectivity index is 2.33. The molecular formula is C13H13N3O3. The summed E-state index contributed by atoms with van der Waals surface area (Å²) >= 11 is 0. The molecule has 0 unspecified atom stereocenters. The third-order valence-electron chi connectivity index (χ3n) is 2.55. The summed E-state index contributed by atoms with van der Waals surface area (Å²) in [5.41, 5.74) is 1.71. The van der Waals surface area contributed by atoms with Gasteiger partial charge in [-0.3, -0.25) is 0 Å². The van der Waals surface area contributed by atoms with Crippen LogP contribution in [0, 0.1) is 0 Å². The van der Waals surface area contributed by atoms with Gasteiger partial charge in [0.15, 0.2) is 0 Å². The molecule has 0 saturated carbocycles. The van der Waals surface area contributed by atoms with Crippen molar-refractivity contribution in [2.24, 2.45) is 0 Å². The van der Waals surface area contributed by atoms with Gasteiger partial charge in [-0.15, -0.1) is 0 Å². The average Bonchev–Trinajstić information content (AvgIpc) is 2.90. The molecule has 0 saturated heterocycles. The number of hydrogen-bond donors (Lipinski definition) is 1. The topological polar surface area (TPSA) is 77.2 Å². The van der Waals surface area contributed by atoms with Crippen LogP contribution < -0.4 is 4.74 Å². The number of carboxylic acids is 1. The Morgan fingerprint density at radius 1 is 1.53 bits per heavy atom. The van der Waals surface area contributed by atoms with Crippen molar-refractivity contribution < 1.29 is 14.6 Å². The minimum Gasteiger partial charge on any atom is -0.497 e. The Hall–Kier alpha value is -2.63. The van der Waals surface area contributed by atoms with E-state index in [2.05, 4.69) is 10.1 Å². The summed E-state index contributed by atoms with van der Waals surface area (Å²) in [4.78, 5) is 14.5. The molecule has 0 fully saturated rings. The zero-order valence-corrected chi connectivity index (χ0v) is 10.4. The molecule has 98 valence electrons. The maximum absolute atomic E-state index is 10.6. The molecule has 0 spiro atoms. The minimum atomic E-state index is -0.984. The SMILES string of the molecule is COc1ccc(C=CC(=O)O)c(Cn2cncn2)c1. The van der Waals surface area contributed by atoms with Gasteiger partial charge >= 0.3 is 5.97 Å². The summed E-state index contributed by atoms with van der Waals surface area (Å²) in [6, 6.07) is 5.44. The van der Waals surface area contributed by atoms with Gasteiger partial charge in [-0.2, -0.15) is 5.10 Å². The van der Waals surface area contributed by atoms with Gasteiger partial charge in [0.25, 0.3) is 0 Å². The zero-order chi connectivity index (χ0) is 13.7. The summed E-state index contributed by atoms with van der Waals surface area (Å²) in [5, 5.41) is 12.7. The van der Waals surface area contributed by atoms with E-state index in [1.807, 2.05) is 12.1 Å². The quantitative estimate of drug-likeness (QED) is 0.822. The maximum Gasteiger partial charge on any atom is 0.328 e. The highest BCUT2D eigenvalue weighted by molar-refractivity contribution is 5.85. The number of aromatic nitrogens is 3. The third-order valence-corrected chi connectivity index (χ3v) is 2.55. The van der Waals surface area contributed by atoms with Crippen LogP contribution in [0.2, 0.25) is 0 Å². The fourth-order valence-electron chi connectivity index (χ4n) is 1.66. The van der Waals surface area contributed by atoms with Crippen molar-refractivity contribution in [1.82, 2.24) is 14.8 Å². The maximum atomic E-state index is 10.6. The van der Waals surface area contributed by atoms with Gasteiger partial charge in [0.1, 0.15) is 18.4 Å². The van der Waals surface area contributed by atoms with Crippen molar-refractivity contribution in [1.29, 1.82) is 0 Å². The van der Waals surface area contributed by atoms with Gasteiger partial charge in [0, 0.05) is 6.08 Å². The van der Waals surface area contributed by atoms with Crippen LogP contribution in [-0.2, 0) is 11.3 Å². The number of hydrogen-bond acceptors (Lipinski definition) is 4. The standard InChI is InChI=1S/C13H13N3O3/c1-19-12-4-2-10(3-5-13(17)18)11(6-12)7-16-9-14-8-15-16/h2-6,8-9H,7H2,1H3,(H,17,18). The van der Waals surface area contributed by atoms with E-state index < -0.39 is 5.97 Å². The lowest BCUT2D eigenvalue weighted by Crippen LogP contribution is -2.02. The van der Waals surface area contributed by atoms with Crippen LogP contribution in [0.3, 0.4) is 0 Å². The number of benzene rings is 1. The molecule has 0 atom stereocenters. The van der Waals surface area contributed by atoms with E-state index in [4.69, 9.17) is 9.84 Å². The molecular weight excluding hydrogens is 246 g/mol. The van der Waals surface area contributed by atoms with E-state index in [0.29, 0.717) is 12.3 Å². The first kappa shape index (κ1) is 12.8. The summed E-state index contributed by atoms with van der Waals surface area (Å²) in [7, 11) is 1.58. The van der Waals surface area contributed by atoms with Crippen LogP contribution in [-0.4, -0.2) is 33.0 Å². The van der Waals surface area contributed by atoms with Crippen molar-refractivity contribution >= 4 is 12.0 Å². The molecule has 0 aliphatic heterocycles. The normalized spacial score (nSPS) is 10.8. The Morgan fingerprint density at radius 2 is 2.37 bits per heavy atom. The molecule has 0 aliphatic rings. The Kier molecular flexibility index (Phi) is 3.92. The smallest absolute Gasteiger partial charge is 0.328 e. The lowest BCUT2D eigenvalue weighted by Gasteiger charge is -2.08. The van der Waals surface area contributed by atoms with Crippen LogP contribution in [0.1, 0.15) is 11.1 Å². The predicted octanol–water partition coefficient (Wildman–Crippen LogP) is 1.43. The van der Waals surface area contributed by atoms with Gasteiger partial charge < -0.3 is 9.84 Å². The van der Waals surface area contributed by atoms with E-state index >= 15 is 0 Å². The number of methoxy groups -OCH3 is 1. The Morgan fingerprint density at radius 3 is 3.00 bits per heavy atom. The second-order valence-electron chi connectivity index (χ2n) is 3.83. The number of aliphatic carboxylic acids is 1. The molecule has 6 heteroatoms. The fourth-order valence-corrected chi connectivity index (χ4v) is 1.66. The van der Waals surface area contributed by atoms with Crippen LogP contribution >= 0.6 is 0 Å². The highest BCUT2D eigenvalue weighted by atomic mass is 16.5. The first-order valence-electron chi connectivity index (χ1n) is 5.59. The van der Waals surface area contributed by atoms with E-state index in [-0.39, 0.29) is 0 Å². The van der Waals surface area contributed by atoms with Gasteiger partial charge in [0.05, 0.1) is 13.7 Å². The lowest BCUT2D eigenvalue weighted by molar-refractivity contribution is -0.131. The molecule has 2 rings (SSSR count). The van der Waals surface area contributed by atoms with Crippen molar-refractivity contribution in [3.63, 3.8) is 0 Å². The first-order chi connectivity index (χ1) is 9.19. The Bertz CT molecular complexity index is 591. The number of carbonyl (C=O) groups is 1. The number of nitrogens with zero attached hydrogens (tertiary/aromatic N) is 3. The van der Waals surface area contributed by atoms with E-state index in [1.54, 1.807) is 30.3 Å². The summed E-state index contributed by atoms with van der Waals surface area (Å²) < 4.78 is 6.83. The van der Waals surface area contributed by atoms with Gasteiger partial charge in [0.2, 0.25) is 0 Å². The van der Waals surface area contributed by atoms with E-state index in [1.165, 1.54) is 6.33 Å². The zero-order valence-electron chi connectivity index (χ0n) is 10.4. The summed E-state index contributed by atoms with van der Waals surface area (Å²) in [6.45, 7) is 0.497. The molecule has 19 heavy (non-hydrogen) atoms. The van der Waals surface area contributed by atoms with Crippen LogP contribution in [0.5, 0.6) is 5.75 Å². The Labute approximate surface area is 110 Å². The van der Waals surface area contributed by atoms with Crippen molar-refractivity contribution in [2.75, 3.05) is 7.11 Å². The van der Waals surface area contributed by atoms with E-state index in [9.17, 15) is 4.79 Å². The molecule has 0 bridgehead atoms. The summed E-state index contributed by atoms with van der Waals surface area (Å²) in [5.74, 6) is -0.273.